The average molecular weight is 466 g/mol. The largest absolute Gasteiger partial charge is 0.494 e. The Morgan fingerprint density at radius 3 is 2.21 bits per heavy atom. The Bertz CT molecular complexity index is 1070. The third-order valence-electron chi connectivity index (χ3n) is 6.12. The fourth-order valence-electron chi connectivity index (χ4n) is 4.20. The fraction of sp³-hybridized carbons (Fsp3) is 0.321. The maximum Gasteiger partial charge on any atom is 0.311 e. The lowest BCUT2D eigenvalue weighted by Gasteiger charge is -2.34. The first-order valence-corrected chi connectivity index (χ1v) is 11.7. The summed E-state index contributed by atoms with van der Waals surface area (Å²) >= 11 is 0. The number of carbonyl (C=O) groups is 1. The second-order valence-corrected chi connectivity index (χ2v) is 8.56. The number of anilines is 1. The van der Waals surface area contributed by atoms with Gasteiger partial charge in [-0.15, -0.1) is 0 Å². The van der Waals surface area contributed by atoms with E-state index in [0.29, 0.717) is 25.1 Å². The highest BCUT2D eigenvalue weighted by molar-refractivity contribution is 5.75. The molecule has 0 unspecified atom stereocenters. The Labute approximate surface area is 198 Å². The first kappa shape index (κ1) is 23.7. The molecule has 4 rings (SSSR count). The molecule has 0 spiro atoms. The van der Waals surface area contributed by atoms with E-state index in [0.717, 1.165) is 29.7 Å². The molecule has 1 aliphatic rings. The average Bonchev–Trinajstić information content (AvgIpc) is 2.85. The molecule has 1 heterocycles. The molecule has 1 saturated heterocycles. The summed E-state index contributed by atoms with van der Waals surface area (Å²) in [5.74, 6) is -0.623. The summed E-state index contributed by atoms with van der Waals surface area (Å²) in [5.41, 5.74) is 2.40. The first-order valence-electron chi connectivity index (χ1n) is 11.7. The van der Waals surface area contributed by atoms with Crippen LogP contribution in [0, 0.1) is 17.6 Å². The summed E-state index contributed by atoms with van der Waals surface area (Å²) in [5, 5.41) is 3.40. The summed E-state index contributed by atoms with van der Waals surface area (Å²) in [7, 11) is 0. The predicted octanol–water partition coefficient (Wildman–Crippen LogP) is 6.99. The van der Waals surface area contributed by atoms with E-state index >= 15 is 0 Å². The molecule has 0 amide bonds. The van der Waals surface area contributed by atoms with Gasteiger partial charge in [0, 0.05) is 5.69 Å². The number of hydrogen-bond acceptors (Lipinski definition) is 4. The molecular formula is C28H29F2NO3. The minimum Gasteiger partial charge on any atom is -0.494 e. The topological polar surface area (TPSA) is 47.6 Å². The quantitative estimate of drug-likeness (QED) is 0.273. The molecule has 3 aromatic rings. The third-order valence-corrected chi connectivity index (χ3v) is 6.12. The minimum atomic E-state index is -0.436. The number of ether oxygens (including phenoxy) is 2. The van der Waals surface area contributed by atoms with Gasteiger partial charge in [0.15, 0.2) is 0 Å². The molecule has 1 N–H and O–H groups in total. The number of hydrogen-bond donors (Lipinski definition) is 1. The SMILES string of the molecule is CCCCOc1ccc([C@@H](Nc2ccc(F)cc2)[C@H]2CC[C@@H](c3ccc(F)cc3)OC2=O)cc1. The molecule has 1 aliphatic heterocycles. The zero-order valence-electron chi connectivity index (χ0n) is 19.2. The van der Waals surface area contributed by atoms with Crippen molar-refractivity contribution in [3.05, 3.63) is 95.6 Å². The molecule has 3 aromatic carbocycles. The molecule has 0 bridgehead atoms. The second-order valence-electron chi connectivity index (χ2n) is 8.56. The smallest absolute Gasteiger partial charge is 0.311 e. The van der Waals surface area contributed by atoms with Gasteiger partial charge in [-0.2, -0.15) is 0 Å². The van der Waals surface area contributed by atoms with Crippen molar-refractivity contribution in [3.63, 3.8) is 0 Å². The van der Waals surface area contributed by atoms with Gasteiger partial charge in [0.05, 0.1) is 18.6 Å². The van der Waals surface area contributed by atoms with Gasteiger partial charge < -0.3 is 14.8 Å². The Balaban J connectivity index is 1.53. The normalized spacial score (nSPS) is 18.7. The van der Waals surface area contributed by atoms with E-state index in [1.165, 1.54) is 24.3 Å². The van der Waals surface area contributed by atoms with Crippen LogP contribution in [0.25, 0.3) is 0 Å². The van der Waals surface area contributed by atoms with E-state index in [1.54, 1.807) is 24.3 Å². The van der Waals surface area contributed by atoms with Crippen LogP contribution in [0.3, 0.4) is 0 Å². The molecule has 0 saturated carbocycles. The number of benzene rings is 3. The Morgan fingerprint density at radius 2 is 1.59 bits per heavy atom. The molecule has 4 nitrogen and oxygen atoms in total. The lowest BCUT2D eigenvalue weighted by molar-refractivity contribution is -0.161. The van der Waals surface area contributed by atoms with Crippen molar-refractivity contribution < 1.29 is 23.0 Å². The van der Waals surface area contributed by atoms with Crippen molar-refractivity contribution in [2.45, 2.75) is 44.8 Å². The molecule has 6 heteroatoms. The molecule has 0 aliphatic carbocycles. The van der Waals surface area contributed by atoms with E-state index in [4.69, 9.17) is 9.47 Å². The van der Waals surface area contributed by atoms with Crippen LogP contribution in [0.4, 0.5) is 14.5 Å². The highest BCUT2D eigenvalue weighted by Crippen LogP contribution is 2.39. The zero-order valence-corrected chi connectivity index (χ0v) is 19.2. The molecule has 34 heavy (non-hydrogen) atoms. The van der Waals surface area contributed by atoms with Crippen LogP contribution >= 0.6 is 0 Å². The summed E-state index contributed by atoms with van der Waals surface area (Å²) in [4.78, 5) is 13.1. The fourth-order valence-corrected chi connectivity index (χ4v) is 4.20. The number of carbonyl (C=O) groups excluding carboxylic acids is 1. The van der Waals surface area contributed by atoms with Gasteiger partial charge in [0.2, 0.25) is 0 Å². The Hall–Kier alpha value is -3.41. The number of rotatable bonds is 9. The number of cyclic esters (lactones) is 1. The maximum absolute atomic E-state index is 13.4. The molecule has 3 atom stereocenters. The number of unbranched alkanes of at least 4 members (excludes halogenated alkanes) is 1. The third kappa shape index (κ3) is 5.93. The second kappa shape index (κ2) is 11.1. The van der Waals surface area contributed by atoms with Crippen LogP contribution in [-0.2, 0) is 9.53 Å². The van der Waals surface area contributed by atoms with Gasteiger partial charge in [-0.1, -0.05) is 37.6 Å². The maximum atomic E-state index is 13.4. The van der Waals surface area contributed by atoms with Crippen LogP contribution < -0.4 is 10.1 Å². The first-order chi connectivity index (χ1) is 16.5. The van der Waals surface area contributed by atoms with Crippen LogP contribution in [0.1, 0.15) is 55.9 Å². The van der Waals surface area contributed by atoms with Gasteiger partial charge in [-0.05, 0) is 78.9 Å². The van der Waals surface area contributed by atoms with Crippen molar-refractivity contribution in [1.82, 2.24) is 0 Å². The van der Waals surface area contributed by atoms with Crippen LogP contribution in [0.2, 0.25) is 0 Å². The molecule has 178 valence electrons. The van der Waals surface area contributed by atoms with E-state index in [9.17, 15) is 13.6 Å². The number of nitrogens with one attached hydrogen (secondary N) is 1. The van der Waals surface area contributed by atoms with Crippen molar-refractivity contribution in [2.24, 2.45) is 5.92 Å². The van der Waals surface area contributed by atoms with Crippen molar-refractivity contribution in [1.29, 1.82) is 0 Å². The van der Waals surface area contributed by atoms with E-state index < -0.39 is 12.0 Å². The zero-order chi connectivity index (χ0) is 23.9. The van der Waals surface area contributed by atoms with Gasteiger partial charge >= 0.3 is 5.97 Å². The lowest BCUT2D eigenvalue weighted by atomic mass is 9.85. The van der Waals surface area contributed by atoms with Crippen LogP contribution in [-0.4, -0.2) is 12.6 Å². The van der Waals surface area contributed by atoms with Gasteiger partial charge in [0.25, 0.3) is 0 Å². The Kier molecular flexibility index (Phi) is 7.78. The summed E-state index contributed by atoms with van der Waals surface area (Å²) in [6.07, 6.45) is 2.87. The Morgan fingerprint density at radius 1 is 0.941 bits per heavy atom. The highest BCUT2D eigenvalue weighted by atomic mass is 19.1. The van der Waals surface area contributed by atoms with Gasteiger partial charge in [-0.3, -0.25) is 4.79 Å². The summed E-state index contributed by atoms with van der Waals surface area (Å²) in [6.45, 7) is 2.77. The molecular weight excluding hydrogens is 436 g/mol. The summed E-state index contributed by atoms with van der Waals surface area (Å²) in [6, 6.07) is 19.5. The highest BCUT2D eigenvalue weighted by Gasteiger charge is 2.37. The predicted molar refractivity (Wildman–Crippen MR) is 128 cm³/mol. The standard InChI is InChI=1S/C28H29F2NO3/c1-2-3-18-33-24-14-6-20(7-15-24)27(31-23-12-10-22(30)11-13-23)25-16-17-26(34-28(25)32)19-4-8-21(29)9-5-19/h4-15,25-27,31H,2-3,16-18H2,1H3/t25-,26+,27-/m1/s1. The van der Waals surface area contributed by atoms with Crippen molar-refractivity contribution in [2.75, 3.05) is 11.9 Å². The number of halogens is 2. The number of esters is 1. The van der Waals surface area contributed by atoms with Crippen LogP contribution in [0.15, 0.2) is 72.8 Å². The molecule has 1 fully saturated rings. The van der Waals surface area contributed by atoms with E-state index in [2.05, 4.69) is 12.2 Å². The minimum absolute atomic E-state index is 0.316. The van der Waals surface area contributed by atoms with Crippen molar-refractivity contribution >= 4 is 11.7 Å². The molecule has 0 aromatic heterocycles. The van der Waals surface area contributed by atoms with Gasteiger partial charge in [-0.25, -0.2) is 8.78 Å². The van der Waals surface area contributed by atoms with Crippen molar-refractivity contribution in [3.8, 4) is 5.75 Å². The lowest BCUT2D eigenvalue weighted by Crippen LogP contribution is -2.34. The monoisotopic (exact) mass is 465 g/mol. The van der Waals surface area contributed by atoms with Crippen LogP contribution in [0.5, 0.6) is 5.75 Å². The van der Waals surface area contributed by atoms with Gasteiger partial charge in [0.1, 0.15) is 23.5 Å². The molecule has 0 radical (unpaired) electrons. The van der Waals surface area contributed by atoms with E-state index in [-0.39, 0.29) is 23.6 Å². The summed E-state index contributed by atoms with van der Waals surface area (Å²) < 4.78 is 38.3. The van der Waals surface area contributed by atoms with E-state index in [1.807, 2.05) is 24.3 Å².